The topological polar surface area (TPSA) is 60.9 Å². The lowest BCUT2D eigenvalue weighted by molar-refractivity contribution is 0.289. The minimum atomic E-state index is -0.104. The quantitative estimate of drug-likeness (QED) is 0.752. The van der Waals surface area contributed by atoms with Gasteiger partial charge in [0.2, 0.25) is 0 Å². The molecule has 4 nitrogen and oxygen atoms in total. The van der Waals surface area contributed by atoms with E-state index in [1.807, 2.05) is 0 Å². The van der Waals surface area contributed by atoms with Gasteiger partial charge in [-0.15, -0.1) is 0 Å². The molecule has 1 atom stereocenters. The van der Waals surface area contributed by atoms with Gasteiger partial charge in [-0.3, -0.25) is 9.78 Å². The second-order valence-electron chi connectivity index (χ2n) is 4.54. The predicted molar refractivity (Wildman–Crippen MR) is 55.9 cm³/mol. The van der Waals surface area contributed by atoms with Crippen LogP contribution < -0.4 is 11.3 Å². The molecule has 1 rings (SSSR count). The normalized spacial score (nSPS) is 14.0. The molecule has 0 radical (unpaired) electrons. The van der Waals surface area contributed by atoms with Crippen LogP contribution in [0.1, 0.15) is 20.8 Å². The van der Waals surface area contributed by atoms with E-state index in [2.05, 4.69) is 25.8 Å². The third-order valence-corrected chi connectivity index (χ3v) is 2.31. The average Bonchev–Trinajstić information content (AvgIpc) is 2.07. The van der Waals surface area contributed by atoms with Crippen molar-refractivity contribution >= 4 is 0 Å². The molecule has 1 aromatic heterocycles. The molecule has 0 fully saturated rings. The van der Waals surface area contributed by atoms with Gasteiger partial charge in [0.15, 0.2) is 0 Å². The standard InChI is InChI=1S/C10H17N3O/c1-10(2,3)8(11)7-13-5-4-12-6-9(13)14/h4-6,8H,7,11H2,1-3H3. The van der Waals surface area contributed by atoms with E-state index in [0.717, 1.165) is 0 Å². The van der Waals surface area contributed by atoms with Crippen LogP contribution in [0.5, 0.6) is 0 Å². The first-order valence-corrected chi connectivity index (χ1v) is 4.67. The Balaban J connectivity index is 2.80. The van der Waals surface area contributed by atoms with Crippen LogP contribution in [0.25, 0.3) is 0 Å². The highest BCUT2D eigenvalue weighted by Crippen LogP contribution is 2.17. The first kappa shape index (κ1) is 10.9. The van der Waals surface area contributed by atoms with E-state index in [1.54, 1.807) is 17.0 Å². The SMILES string of the molecule is CC(C)(C)C(N)Cn1ccncc1=O. The zero-order chi connectivity index (χ0) is 10.8. The average molecular weight is 195 g/mol. The highest BCUT2D eigenvalue weighted by atomic mass is 16.1. The smallest absolute Gasteiger partial charge is 0.269 e. The number of nitrogens with zero attached hydrogens (tertiary/aromatic N) is 2. The molecule has 14 heavy (non-hydrogen) atoms. The molecule has 0 aliphatic rings. The maximum atomic E-state index is 11.3. The molecule has 1 aromatic rings. The first-order chi connectivity index (χ1) is 6.41. The fourth-order valence-corrected chi connectivity index (χ4v) is 1.01. The molecule has 0 amide bonds. The predicted octanol–water partition coefficient (Wildman–Crippen LogP) is 0.617. The van der Waals surface area contributed by atoms with Crippen LogP contribution in [-0.2, 0) is 6.54 Å². The molecule has 0 saturated heterocycles. The highest BCUT2D eigenvalue weighted by molar-refractivity contribution is 4.84. The summed E-state index contributed by atoms with van der Waals surface area (Å²) >= 11 is 0. The fraction of sp³-hybridized carbons (Fsp3) is 0.600. The van der Waals surface area contributed by atoms with E-state index in [4.69, 9.17) is 5.73 Å². The summed E-state index contributed by atoms with van der Waals surface area (Å²) in [6.07, 6.45) is 4.56. The minimum absolute atomic E-state index is 0.00269. The number of hydrogen-bond donors (Lipinski definition) is 1. The van der Waals surface area contributed by atoms with Crippen LogP contribution in [-0.4, -0.2) is 15.6 Å². The molecule has 0 aliphatic heterocycles. The second kappa shape index (κ2) is 3.92. The summed E-state index contributed by atoms with van der Waals surface area (Å²) in [6.45, 7) is 6.71. The molecule has 0 spiro atoms. The zero-order valence-corrected chi connectivity index (χ0v) is 8.90. The van der Waals surface area contributed by atoms with Crippen molar-refractivity contribution in [3.05, 3.63) is 28.9 Å². The van der Waals surface area contributed by atoms with Crippen LogP contribution in [0.4, 0.5) is 0 Å². The molecule has 0 saturated carbocycles. The second-order valence-corrected chi connectivity index (χ2v) is 4.54. The molecule has 0 aromatic carbocycles. The van der Waals surface area contributed by atoms with Gasteiger partial charge in [0, 0.05) is 25.0 Å². The summed E-state index contributed by atoms with van der Waals surface area (Å²) in [6, 6.07) is -0.0393. The van der Waals surface area contributed by atoms with E-state index in [0.29, 0.717) is 6.54 Å². The lowest BCUT2D eigenvalue weighted by Crippen LogP contribution is -2.41. The molecule has 78 valence electrons. The number of hydrogen-bond acceptors (Lipinski definition) is 3. The van der Waals surface area contributed by atoms with Crippen molar-refractivity contribution in [2.24, 2.45) is 11.1 Å². The third kappa shape index (κ3) is 2.67. The Kier molecular flexibility index (Phi) is 3.06. The molecular weight excluding hydrogens is 178 g/mol. The van der Waals surface area contributed by atoms with Crippen molar-refractivity contribution in [1.29, 1.82) is 0 Å². The molecule has 0 bridgehead atoms. The van der Waals surface area contributed by atoms with Gasteiger partial charge in [0.1, 0.15) is 0 Å². The molecule has 1 heterocycles. The van der Waals surface area contributed by atoms with Crippen LogP contribution >= 0.6 is 0 Å². The van der Waals surface area contributed by atoms with Gasteiger partial charge in [0.05, 0.1) is 6.20 Å². The minimum Gasteiger partial charge on any atom is -0.326 e. The van der Waals surface area contributed by atoms with E-state index >= 15 is 0 Å². The van der Waals surface area contributed by atoms with Gasteiger partial charge >= 0.3 is 0 Å². The van der Waals surface area contributed by atoms with Gasteiger partial charge in [-0.05, 0) is 5.41 Å². The van der Waals surface area contributed by atoms with Crippen molar-refractivity contribution in [3.63, 3.8) is 0 Å². The monoisotopic (exact) mass is 195 g/mol. The maximum absolute atomic E-state index is 11.3. The summed E-state index contributed by atoms with van der Waals surface area (Å²) in [7, 11) is 0. The van der Waals surface area contributed by atoms with Gasteiger partial charge in [-0.25, -0.2) is 0 Å². The van der Waals surface area contributed by atoms with Crippen LogP contribution in [0, 0.1) is 5.41 Å². The summed E-state index contributed by atoms with van der Waals surface area (Å²) in [5.74, 6) is 0. The van der Waals surface area contributed by atoms with Gasteiger partial charge in [-0.2, -0.15) is 0 Å². The Morgan fingerprint density at radius 3 is 2.71 bits per heavy atom. The van der Waals surface area contributed by atoms with Crippen LogP contribution in [0.2, 0.25) is 0 Å². The fourth-order valence-electron chi connectivity index (χ4n) is 1.01. The molecular formula is C10H17N3O. The Morgan fingerprint density at radius 2 is 2.21 bits per heavy atom. The molecule has 4 heteroatoms. The summed E-state index contributed by atoms with van der Waals surface area (Å²) in [5.41, 5.74) is 5.87. The Bertz CT molecular complexity index is 351. The van der Waals surface area contributed by atoms with Crippen molar-refractivity contribution in [2.45, 2.75) is 33.4 Å². The van der Waals surface area contributed by atoms with Gasteiger partial charge < -0.3 is 10.3 Å². The largest absolute Gasteiger partial charge is 0.326 e. The summed E-state index contributed by atoms with van der Waals surface area (Å²) < 4.78 is 1.59. The molecule has 2 N–H and O–H groups in total. The lowest BCUT2D eigenvalue weighted by Gasteiger charge is -2.27. The van der Waals surface area contributed by atoms with E-state index < -0.39 is 0 Å². The molecule has 0 aliphatic carbocycles. The van der Waals surface area contributed by atoms with Crippen molar-refractivity contribution in [2.75, 3.05) is 0 Å². The maximum Gasteiger partial charge on any atom is 0.269 e. The lowest BCUT2D eigenvalue weighted by atomic mass is 9.87. The molecule has 1 unspecified atom stereocenters. The van der Waals surface area contributed by atoms with Gasteiger partial charge in [0.25, 0.3) is 5.56 Å². The number of nitrogens with two attached hydrogens (primary N) is 1. The summed E-state index contributed by atoms with van der Waals surface area (Å²) in [4.78, 5) is 15.1. The highest BCUT2D eigenvalue weighted by Gasteiger charge is 2.20. The van der Waals surface area contributed by atoms with Crippen molar-refractivity contribution < 1.29 is 0 Å². The number of aromatic nitrogens is 2. The summed E-state index contributed by atoms with van der Waals surface area (Å²) in [5, 5.41) is 0. The Morgan fingerprint density at radius 1 is 1.57 bits per heavy atom. The van der Waals surface area contributed by atoms with Crippen LogP contribution in [0.15, 0.2) is 23.4 Å². The van der Waals surface area contributed by atoms with Crippen molar-refractivity contribution in [1.82, 2.24) is 9.55 Å². The van der Waals surface area contributed by atoms with E-state index in [1.165, 1.54) is 6.20 Å². The van der Waals surface area contributed by atoms with Gasteiger partial charge in [-0.1, -0.05) is 20.8 Å². The van der Waals surface area contributed by atoms with Crippen LogP contribution in [0.3, 0.4) is 0 Å². The third-order valence-electron chi connectivity index (χ3n) is 2.31. The zero-order valence-electron chi connectivity index (χ0n) is 8.90. The van der Waals surface area contributed by atoms with E-state index in [9.17, 15) is 4.79 Å². The first-order valence-electron chi connectivity index (χ1n) is 4.67. The van der Waals surface area contributed by atoms with Crippen molar-refractivity contribution in [3.8, 4) is 0 Å². The van der Waals surface area contributed by atoms with E-state index in [-0.39, 0.29) is 17.0 Å². The number of rotatable bonds is 2. The Hall–Kier alpha value is -1.16. The Labute approximate surface area is 83.8 Å².